The second kappa shape index (κ2) is 5.85. The Morgan fingerprint density at radius 1 is 1.24 bits per heavy atom. The number of phenols is 1. The first-order valence-electron chi connectivity index (χ1n) is 6.38. The maximum absolute atomic E-state index is 11.0. The first-order chi connectivity index (χ1) is 9.86. The van der Waals surface area contributed by atoms with E-state index in [0.717, 1.165) is 5.56 Å². The Morgan fingerprint density at radius 2 is 1.90 bits per heavy atom. The van der Waals surface area contributed by atoms with Crippen molar-refractivity contribution < 1.29 is 24.9 Å². The van der Waals surface area contributed by atoms with E-state index in [9.17, 15) is 20.1 Å². The van der Waals surface area contributed by atoms with Crippen LogP contribution in [0.4, 0.5) is 0 Å². The fraction of sp³-hybridized carbons (Fsp3) is 0.188. The Hall–Kier alpha value is -2.53. The normalized spacial score (nSPS) is 21.8. The van der Waals surface area contributed by atoms with Gasteiger partial charge in [-0.1, -0.05) is 24.3 Å². The van der Waals surface area contributed by atoms with Crippen LogP contribution in [0.5, 0.6) is 5.75 Å². The van der Waals surface area contributed by atoms with E-state index >= 15 is 0 Å². The first-order valence-corrected chi connectivity index (χ1v) is 6.38. The summed E-state index contributed by atoms with van der Waals surface area (Å²) in [7, 11) is 0. The number of carbonyl (C=O) groups is 1. The Balaban J connectivity index is 2.21. The van der Waals surface area contributed by atoms with E-state index in [4.69, 9.17) is 4.74 Å². The highest BCUT2D eigenvalue weighted by Crippen LogP contribution is 2.27. The van der Waals surface area contributed by atoms with Gasteiger partial charge in [-0.05, 0) is 35.4 Å². The van der Waals surface area contributed by atoms with E-state index in [1.54, 1.807) is 36.4 Å². The lowest BCUT2D eigenvalue weighted by Crippen LogP contribution is -2.34. The summed E-state index contributed by atoms with van der Waals surface area (Å²) in [6.45, 7) is 1.19. The zero-order chi connectivity index (χ0) is 15.5. The molecule has 2 rings (SSSR count). The highest BCUT2D eigenvalue weighted by atomic mass is 16.7. The van der Waals surface area contributed by atoms with E-state index in [2.05, 4.69) is 0 Å². The second-order valence-electron chi connectivity index (χ2n) is 4.82. The van der Waals surface area contributed by atoms with E-state index in [0.29, 0.717) is 5.57 Å². The molecule has 1 aliphatic carbocycles. The summed E-state index contributed by atoms with van der Waals surface area (Å²) in [5.41, 5.74) is 1.35. The smallest absolute Gasteiger partial charge is 0.305 e. The quantitative estimate of drug-likeness (QED) is 0.587. The van der Waals surface area contributed by atoms with Crippen LogP contribution in [0.2, 0.25) is 0 Å². The third-order valence-electron chi connectivity index (χ3n) is 2.84. The summed E-state index contributed by atoms with van der Waals surface area (Å²) in [6, 6.07) is 6.54. The maximum Gasteiger partial charge on any atom is 0.305 e. The van der Waals surface area contributed by atoms with Gasteiger partial charge in [-0.2, -0.15) is 0 Å². The second-order valence-corrected chi connectivity index (χ2v) is 4.82. The summed E-state index contributed by atoms with van der Waals surface area (Å²) in [5, 5.41) is 29.0. The highest BCUT2D eigenvalue weighted by molar-refractivity contribution is 5.67. The molecule has 1 atom stereocenters. The zero-order valence-electron chi connectivity index (χ0n) is 11.5. The van der Waals surface area contributed by atoms with Crippen molar-refractivity contribution in [2.75, 3.05) is 0 Å². The number of phenolic OH excluding ortho intramolecular Hbond substituents is 1. The summed E-state index contributed by atoms with van der Waals surface area (Å²) < 4.78 is 4.82. The van der Waals surface area contributed by atoms with Gasteiger partial charge in [0.1, 0.15) is 5.75 Å². The molecule has 1 aromatic carbocycles. The summed E-state index contributed by atoms with van der Waals surface area (Å²) in [6.07, 6.45) is 6.08. The number of benzene rings is 1. The maximum atomic E-state index is 11.0. The van der Waals surface area contributed by atoms with Gasteiger partial charge < -0.3 is 20.1 Å². The lowest BCUT2D eigenvalue weighted by Gasteiger charge is -2.27. The van der Waals surface area contributed by atoms with E-state index < -0.39 is 11.8 Å². The molecular formula is C16H16O5. The van der Waals surface area contributed by atoms with Crippen LogP contribution in [0.3, 0.4) is 0 Å². The number of ether oxygens (including phenoxy) is 1. The van der Waals surface area contributed by atoms with Gasteiger partial charge in [0, 0.05) is 6.92 Å². The molecule has 5 nitrogen and oxygen atoms in total. The molecule has 0 radical (unpaired) electrons. The molecule has 0 heterocycles. The molecule has 0 saturated carbocycles. The third-order valence-corrected chi connectivity index (χ3v) is 2.84. The zero-order valence-corrected chi connectivity index (χ0v) is 11.5. The van der Waals surface area contributed by atoms with Crippen molar-refractivity contribution in [3.05, 3.63) is 59.4 Å². The molecule has 0 aliphatic heterocycles. The molecule has 0 amide bonds. The molecule has 5 heteroatoms. The average Bonchev–Trinajstić information content (AvgIpc) is 2.35. The number of allylic oxidation sites excluding steroid dienone is 3. The van der Waals surface area contributed by atoms with Crippen LogP contribution in [0.25, 0.3) is 6.08 Å². The van der Waals surface area contributed by atoms with Crippen LogP contribution in [-0.4, -0.2) is 27.1 Å². The Morgan fingerprint density at radius 3 is 2.52 bits per heavy atom. The number of esters is 1. The molecule has 0 bridgehead atoms. The minimum Gasteiger partial charge on any atom is -0.512 e. The summed E-state index contributed by atoms with van der Waals surface area (Å²) in [4.78, 5) is 11.0. The predicted molar refractivity (Wildman–Crippen MR) is 77.3 cm³/mol. The van der Waals surface area contributed by atoms with Crippen molar-refractivity contribution in [2.24, 2.45) is 0 Å². The molecule has 0 aromatic heterocycles. The molecule has 0 fully saturated rings. The van der Waals surface area contributed by atoms with Crippen molar-refractivity contribution in [1.82, 2.24) is 0 Å². The minimum atomic E-state index is -1.83. The average molecular weight is 288 g/mol. The SMILES string of the molecule is CC(=O)OC1(O)C=C(C=Cc2ccc(O)cc2)C=C(O)C1. The number of aliphatic hydroxyl groups is 2. The van der Waals surface area contributed by atoms with Gasteiger partial charge in [0.2, 0.25) is 5.79 Å². The van der Waals surface area contributed by atoms with E-state index in [1.165, 1.54) is 19.1 Å². The molecule has 0 spiro atoms. The van der Waals surface area contributed by atoms with Crippen molar-refractivity contribution >= 4 is 12.0 Å². The molecule has 0 saturated heterocycles. The van der Waals surface area contributed by atoms with Crippen LogP contribution in [0, 0.1) is 0 Å². The van der Waals surface area contributed by atoms with Crippen molar-refractivity contribution in [3.63, 3.8) is 0 Å². The van der Waals surface area contributed by atoms with Crippen LogP contribution in [-0.2, 0) is 9.53 Å². The van der Waals surface area contributed by atoms with Gasteiger partial charge in [0.25, 0.3) is 0 Å². The molecule has 21 heavy (non-hydrogen) atoms. The summed E-state index contributed by atoms with van der Waals surface area (Å²) >= 11 is 0. The Kier molecular flexibility index (Phi) is 4.14. The predicted octanol–water partition coefficient (Wildman–Crippen LogP) is 2.43. The molecule has 1 unspecified atom stereocenters. The largest absolute Gasteiger partial charge is 0.512 e. The van der Waals surface area contributed by atoms with Crippen LogP contribution < -0.4 is 0 Å². The van der Waals surface area contributed by atoms with Crippen molar-refractivity contribution in [1.29, 1.82) is 0 Å². The summed E-state index contributed by atoms with van der Waals surface area (Å²) in [5.74, 6) is -2.37. The number of aromatic hydroxyl groups is 1. The van der Waals surface area contributed by atoms with E-state index in [1.807, 2.05) is 0 Å². The molecule has 3 N–H and O–H groups in total. The van der Waals surface area contributed by atoms with Gasteiger partial charge in [-0.25, -0.2) is 0 Å². The molecule has 1 aliphatic rings. The molecule has 110 valence electrons. The fourth-order valence-corrected chi connectivity index (χ4v) is 2.04. The number of aliphatic hydroxyl groups excluding tert-OH is 1. The topological polar surface area (TPSA) is 87.0 Å². The monoisotopic (exact) mass is 288 g/mol. The van der Waals surface area contributed by atoms with E-state index in [-0.39, 0.29) is 17.9 Å². The lowest BCUT2D eigenvalue weighted by molar-refractivity contribution is -0.189. The standard InChI is InChI=1S/C16H16O5/c1-11(17)21-16(20)9-13(8-15(19)10-16)3-2-12-4-6-14(18)7-5-12/h2-9,18-20H,10H2,1H3. The highest BCUT2D eigenvalue weighted by Gasteiger charge is 2.32. The Labute approximate surface area is 122 Å². The number of hydrogen-bond acceptors (Lipinski definition) is 5. The third kappa shape index (κ3) is 4.22. The number of carbonyl (C=O) groups excluding carboxylic acids is 1. The minimum absolute atomic E-state index is 0.0772. The number of rotatable bonds is 3. The lowest BCUT2D eigenvalue weighted by atomic mass is 9.99. The Bertz CT molecular complexity index is 621. The number of hydrogen-bond donors (Lipinski definition) is 3. The van der Waals surface area contributed by atoms with Gasteiger partial charge in [-0.15, -0.1) is 0 Å². The molecule has 1 aromatic rings. The van der Waals surface area contributed by atoms with Crippen LogP contribution in [0.15, 0.2) is 53.8 Å². The fourth-order valence-electron chi connectivity index (χ4n) is 2.04. The molecular weight excluding hydrogens is 272 g/mol. The van der Waals surface area contributed by atoms with Gasteiger partial charge in [0.05, 0.1) is 12.2 Å². The van der Waals surface area contributed by atoms with Gasteiger partial charge in [0.15, 0.2) is 0 Å². The van der Waals surface area contributed by atoms with Crippen LogP contribution in [0.1, 0.15) is 18.9 Å². The van der Waals surface area contributed by atoms with Crippen LogP contribution >= 0.6 is 0 Å². The van der Waals surface area contributed by atoms with Gasteiger partial charge >= 0.3 is 5.97 Å². The van der Waals surface area contributed by atoms with Gasteiger partial charge in [-0.3, -0.25) is 4.79 Å². The van der Waals surface area contributed by atoms with Crippen molar-refractivity contribution in [3.8, 4) is 5.75 Å². The first kappa shape index (κ1) is 14.9. The van der Waals surface area contributed by atoms with Crippen molar-refractivity contribution in [2.45, 2.75) is 19.1 Å².